The molecule has 0 spiro atoms. The lowest BCUT2D eigenvalue weighted by Crippen LogP contribution is -2.30. The summed E-state index contributed by atoms with van der Waals surface area (Å²) in [6, 6.07) is 6.20. The number of rotatable bonds is 3. The van der Waals surface area contributed by atoms with E-state index in [9.17, 15) is 4.79 Å². The Morgan fingerprint density at radius 2 is 2.28 bits per heavy atom. The topological polar surface area (TPSA) is 36.4 Å². The van der Waals surface area contributed by atoms with Crippen LogP contribution in [0.15, 0.2) is 18.2 Å². The van der Waals surface area contributed by atoms with Gasteiger partial charge in [-0.25, -0.2) is 4.98 Å². The van der Waals surface area contributed by atoms with Gasteiger partial charge in [0.2, 0.25) is 5.91 Å². The zero-order valence-corrected chi connectivity index (χ0v) is 11.4. The highest BCUT2D eigenvalue weighted by atomic mass is 16.2. The number of carbonyl (C=O) groups is 1. The predicted octanol–water partition coefficient (Wildman–Crippen LogP) is 2.22. The summed E-state index contributed by atoms with van der Waals surface area (Å²) in [5, 5.41) is 0. The highest BCUT2D eigenvalue weighted by molar-refractivity contribution is 5.76. The van der Waals surface area contributed by atoms with E-state index in [-0.39, 0.29) is 11.9 Å². The molecule has 1 aliphatic rings. The predicted molar refractivity (Wildman–Crippen MR) is 72.5 cm³/mol. The van der Waals surface area contributed by atoms with Gasteiger partial charge in [-0.15, -0.1) is 0 Å². The minimum Gasteiger partial charge on any atom is -0.363 e. The van der Waals surface area contributed by atoms with Crippen molar-refractivity contribution in [3.63, 3.8) is 0 Å². The van der Waals surface area contributed by atoms with E-state index in [1.807, 2.05) is 49.0 Å². The molecule has 0 radical (unpaired) electrons. The Morgan fingerprint density at radius 3 is 2.94 bits per heavy atom. The van der Waals surface area contributed by atoms with Crippen molar-refractivity contribution in [3.05, 3.63) is 23.9 Å². The van der Waals surface area contributed by atoms with E-state index in [2.05, 4.69) is 4.98 Å². The number of aromatic nitrogens is 1. The Kier molecular flexibility index (Phi) is 3.84. The fraction of sp³-hybridized carbons (Fsp3) is 0.571. The van der Waals surface area contributed by atoms with Gasteiger partial charge >= 0.3 is 0 Å². The van der Waals surface area contributed by atoms with Crippen LogP contribution in [0.1, 0.15) is 37.9 Å². The average molecular weight is 247 g/mol. The highest BCUT2D eigenvalue weighted by Gasteiger charge is 2.29. The van der Waals surface area contributed by atoms with E-state index < -0.39 is 0 Å². The zero-order valence-electron chi connectivity index (χ0n) is 11.4. The van der Waals surface area contributed by atoms with Crippen molar-refractivity contribution < 1.29 is 4.79 Å². The first-order valence-electron chi connectivity index (χ1n) is 6.57. The Balaban J connectivity index is 2.24. The molecule has 0 unspecified atom stereocenters. The van der Waals surface area contributed by atoms with Gasteiger partial charge in [0, 0.05) is 27.1 Å². The summed E-state index contributed by atoms with van der Waals surface area (Å²) in [5.74, 6) is 1.18. The van der Waals surface area contributed by atoms with E-state index in [1.54, 1.807) is 0 Å². The van der Waals surface area contributed by atoms with Crippen molar-refractivity contribution in [2.24, 2.45) is 0 Å². The molecule has 98 valence electrons. The molecule has 1 aromatic heterocycles. The first-order chi connectivity index (χ1) is 8.63. The van der Waals surface area contributed by atoms with Crippen LogP contribution in [-0.2, 0) is 4.79 Å². The Morgan fingerprint density at radius 1 is 1.50 bits per heavy atom. The monoisotopic (exact) mass is 247 g/mol. The fourth-order valence-corrected chi connectivity index (χ4v) is 2.45. The molecule has 2 heterocycles. The first-order valence-corrected chi connectivity index (χ1v) is 6.57. The van der Waals surface area contributed by atoms with Crippen LogP contribution in [-0.4, -0.2) is 36.4 Å². The zero-order chi connectivity index (χ0) is 13.1. The van der Waals surface area contributed by atoms with Crippen LogP contribution in [0.5, 0.6) is 0 Å². The Labute approximate surface area is 109 Å². The van der Waals surface area contributed by atoms with Gasteiger partial charge in [-0.2, -0.15) is 0 Å². The summed E-state index contributed by atoms with van der Waals surface area (Å²) in [7, 11) is 3.96. The largest absolute Gasteiger partial charge is 0.363 e. The molecule has 0 N–H and O–H groups in total. The molecule has 1 atom stereocenters. The lowest BCUT2D eigenvalue weighted by molar-refractivity contribution is -0.131. The third-order valence-electron chi connectivity index (χ3n) is 3.43. The van der Waals surface area contributed by atoms with Gasteiger partial charge in [0.15, 0.2) is 0 Å². The number of amides is 1. The second kappa shape index (κ2) is 5.38. The molecule has 1 fully saturated rings. The number of anilines is 1. The number of carbonyl (C=O) groups excluding carboxylic acids is 1. The smallest absolute Gasteiger partial charge is 0.222 e. The molecule has 1 amide bonds. The third-order valence-corrected chi connectivity index (χ3v) is 3.43. The SMILES string of the molecule is CCC(=O)N1CCC[C@H]1c1cccc(N(C)C)n1. The molecule has 1 aromatic rings. The van der Waals surface area contributed by atoms with Gasteiger partial charge in [0.25, 0.3) is 0 Å². The number of hydrogen-bond donors (Lipinski definition) is 0. The Hall–Kier alpha value is -1.58. The molecule has 0 aromatic carbocycles. The maximum Gasteiger partial charge on any atom is 0.222 e. The van der Waals surface area contributed by atoms with E-state index >= 15 is 0 Å². The molecule has 0 aliphatic carbocycles. The van der Waals surface area contributed by atoms with Crippen molar-refractivity contribution in [1.82, 2.24) is 9.88 Å². The Bertz CT molecular complexity index is 431. The second-order valence-corrected chi connectivity index (χ2v) is 4.91. The van der Waals surface area contributed by atoms with Crippen molar-refractivity contribution in [2.75, 3.05) is 25.5 Å². The van der Waals surface area contributed by atoms with Crippen LogP contribution >= 0.6 is 0 Å². The van der Waals surface area contributed by atoms with Gasteiger partial charge in [0.1, 0.15) is 5.82 Å². The van der Waals surface area contributed by atoms with Crippen LogP contribution in [0.2, 0.25) is 0 Å². The van der Waals surface area contributed by atoms with Crippen LogP contribution in [0.3, 0.4) is 0 Å². The van der Waals surface area contributed by atoms with E-state index in [4.69, 9.17) is 0 Å². The van der Waals surface area contributed by atoms with Gasteiger partial charge < -0.3 is 9.80 Å². The van der Waals surface area contributed by atoms with Crippen molar-refractivity contribution in [3.8, 4) is 0 Å². The van der Waals surface area contributed by atoms with Crippen molar-refractivity contribution in [2.45, 2.75) is 32.2 Å². The number of likely N-dealkylation sites (tertiary alicyclic amines) is 1. The summed E-state index contributed by atoms with van der Waals surface area (Å²) in [6.07, 6.45) is 2.67. The summed E-state index contributed by atoms with van der Waals surface area (Å²) in [4.78, 5) is 20.5. The molecular weight excluding hydrogens is 226 g/mol. The normalized spacial score (nSPS) is 19.1. The lowest BCUT2D eigenvalue weighted by atomic mass is 10.1. The van der Waals surface area contributed by atoms with Gasteiger partial charge in [-0.1, -0.05) is 13.0 Å². The van der Waals surface area contributed by atoms with E-state index in [0.29, 0.717) is 6.42 Å². The quantitative estimate of drug-likeness (QED) is 0.821. The second-order valence-electron chi connectivity index (χ2n) is 4.91. The standard InChI is InChI=1S/C14H21N3O/c1-4-14(18)17-10-6-8-12(17)11-7-5-9-13(15-11)16(2)3/h5,7,9,12H,4,6,8,10H2,1-3H3/t12-/m0/s1. The van der Waals surface area contributed by atoms with Gasteiger partial charge in [-0.3, -0.25) is 4.79 Å². The molecule has 18 heavy (non-hydrogen) atoms. The summed E-state index contributed by atoms with van der Waals surface area (Å²) >= 11 is 0. The van der Waals surface area contributed by atoms with Crippen molar-refractivity contribution in [1.29, 1.82) is 0 Å². The lowest BCUT2D eigenvalue weighted by Gasteiger charge is -2.24. The maximum absolute atomic E-state index is 11.9. The average Bonchev–Trinajstić information content (AvgIpc) is 2.87. The summed E-state index contributed by atoms with van der Waals surface area (Å²) < 4.78 is 0. The van der Waals surface area contributed by atoms with Crippen LogP contribution < -0.4 is 4.90 Å². The molecule has 1 aliphatic heterocycles. The molecular formula is C14H21N3O. The third kappa shape index (κ3) is 2.47. The number of pyridine rings is 1. The number of hydrogen-bond acceptors (Lipinski definition) is 3. The van der Waals surface area contributed by atoms with Crippen LogP contribution in [0, 0.1) is 0 Å². The maximum atomic E-state index is 11.9. The van der Waals surface area contributed by atoms with Crippen LogP contribution in [0.4, 0.5) is 5.82 Å². The van der Waals surface area contributed by atoms with Crippen LogP contribution in [0.25, 0.3) is 0 Å². The first kappa shape index (κ1) is 12.9. The van der Waals surface area contributed by atoms with Crippen molar-refractivity contribution >= 4 is 11.7 Å². The molecule has 4 nitrogen and oxygen atoms in total. The molecule has 2 rings (SSSR count). The number of nitrogens with zero attached hydrogens (tertiary/aromatic N) is 3. The fourth-order valence-electron chi connectivity index (χ4n) is 2.45. The molecule has 1 saturated heterocycles. The van der Waals surface area contributed by atoms with Gasteiger partial charge in [0.05, 0.1) is 11.7 Å². The van der Waals surface area contributed by atoms with E-state index in [0.717, 1.165) is 30.9 Å². The minimum atomic E-state index is 0.164. The molecule has 0 bridgehead atoms. The summed E-state index contributed by atoms with van der Waals surface area (Å²) in [6.45, 7) is 2.78. The molecule has 0 saturated carbocycles. The molecule has 4 heteroatoms. The highest BCUT2D eigenvalue weighted by Crippen LogP contribution is 2.31. The van der Waals surface area contributed by atoms with Gasteiger partial charge in [-0.05, 0) is 25.0 Å². The van der Waals surface area contributed by atoms with E-state index in [1.165, 1.54) is 0 Å². The minimum absolute atomic E-state index is 0.164. The summed E-state index contributed by atoms with van der Waals surface area (Å²) in [5.41, 5.74) is 1.01.